The Hall–Kier alpha value is -1.07. The van der Waals surface area contributed by atoms with E-state index in [-0.39, 0.29) is 11.9 Å². The molecule has 0 bridgehead atoms. The molecule has 2 unspecified atom stereocenters. The van der Waals surface area contributed by atoms with Crippen molar-refractivity contribution in [2.24, 2.45) is 13.0 Å². The van der Waals surface area contributed by atoms with Gasteiger partial charge in [-0.15, -0.1) is 11.6 Å². The first-order valence-corrected chi connectivity index (χ1v) is 7.02. The number of rotatable bonds is 4. The van der Waals surface area contributed by atoms with Crippen molar-refractivity contribution in [1.29, 1.82) is 0 Å². The number of halogens is 1. The first-order valence-electron chi connectivity index (χ1n) is 6.59. The summed E-state index contributed by atoms with van der Waals surface area (Å²) in [6, 6.07) is -0.0994. The van der Waals surface area contributed by atoms with Crippen LogP contribution in [-0.2, 0) is 16.6 Å². The van der Waals surface area contributed by atoms with Gasteiger partial charge in [-0.3, -0.25) is 4.79 Å². The lowest BCUT2D eigenvalue weighted by molar-refractivity contribution is -0.122. The van der Waals surface area contributed by atoms with E-state index in [0.717, 1.165) is 31.9 Å². The molecule has 1 aliphatic heterocycles. The summed E-state index contributed by atoms with van der Waals surface area (Å²) in [5.41, 5.74) is 0. The van der Waals surface area contributed by atoms with Gasteiger partial charge in [0.25, 0.3) is 0 Å². The van der Waals surface area contributed by atoms with Crippen molar-refractivity contribution in [3.8, 4) is 0 Å². The average Bonchev–Trinajstić information content (AvgIpc) is 2.82. The lowest BCUT2D eigenvalue weighted by Crippen LogP contribution is -2.40. The largest absolute Gasteiger partial charge is 0.381 e. The maximum atomic E-state index is 11.9. The Bertz CT molecular complexity index is 427. The Morgan fingerprint density at radius 3 is 2.79 bits per heavy atom. The number of aromatic nitrogens is 2. The highest BCUT2D eigenvalue weighted by Crippen LogP contribution is 2.29. The number of nitrogens with one attached hydrogen (secondary N) is 1. The molecule has 2 rings (SSSR count). The molecule has 1 aromatic rings. The van der Waals surface area contributed by atoms with Crippen molar-refractivity contribution < 1.29 is 9.53 Å². The summed E-state index contributed by atoms with van der Waals surface area (Å²) in [5, 5.41) is 2.48. The minimum absolute atomic E-state index is 0.0994. The number of ether oxygens (including phenoxy) is 1. The molecule has 1 N–H and O–H groups in total. The molecule has 5 nitrogen and oxygen atoms in total. The second kappa shape index (κ2) is 6.39. The monoisotopic (exact) mass is 285 g/mol. The summed E-state index contributed by atoms with van der Waals surface area (Å²) in [7, 11) is 1.94. The maximum Gasteiger partial charge on any atom is 0.238 e. The molecule has 106 valence electrons. The van der Waals surface area contributed by atoms with E-state index < -0.39 is 5.38 Å². The van der Waals surface area contributed by atoms with Crippen LogP contribution >= 0.6 is 11.6 Å². The number of hydrogen-bond acceptors (Lipinski definition) is 3. The van der Waals surface area contributed by atoms with Crippen LogP contribution in [0.2, 0.25) is 0 Å². The SMILES string of the molecule is CC(Cl)C(=O)NC(c1nccn1C)C1CCOCC1. The molecular weight excluding hydrogens is 266 g/mol. The molecule has 1 aliphatic rings. The van der Waals surface area contributed by atoms with Gasteiger partial charge in [-0.1, -0.05) is 0 Å². The molecule has 0 aliphatic carbocycles. The van der Waals surface area contributed by atoms with Gasteiger partial charge in [0, 0.05) is 32.7 Å². The molecule has 0 aromatic carbocycles. The van der Waals surface area contributed by atoms with Crippen molar-refractivity contribution in [2.45, 2.75) is 31.2 Å². The lowest BCUT2D eigenvalue weighted by atomic mass is 9.91. The van der Waals surface area contributed by atoms with Crippen LogP contribution in [-0.4, -0.2) is 34.0 Å². The van der Waals surface area contributed by atoms with Crippen molar-refractivity contribution >= 4 is 17.5 Å². The summed E-state index contributed by atoms with van der Waals surface area (Å²) >= 11 is 5.85. The van der Waals surface area contributed by atoms with Crippen LogP contribution in [0.1, 0.15) is 31.6 Å². The fourth-order valence-corrected chi connectivity index (χ4v) is 2.45. The molecule has 1 amide bonds. The maximum absolute atomic E-state index is 11.9. The molecule has 1 fully saturated rings. The lowest BCUT2D eigenvalue weighted by Gasteiger charge is -2.30. The van der Waals surface area contributed by atoms with Crippen LogP contribution < -0.4 is 5.32 Å². The summed E-state index contributed by atoms with van der Waals surface area (Å²) in [5.74, 6) is 1.06. The van der Waals surface area contributed by atoms with Gasteiger partial charge in [0.1, 0.15) is 11.2 Å². The summed E-state index contributed by atoms with van der Waals surface area (Å²) in [6.07, 6.45) is 5.48. The number of amides is 1. The van der Waals surface area contributed by atoms with Crippen LogP contribution in [0.15, 0.2) is 12.4 Å². The van der Waals surface area contributed by atoms with Crippen LogP contribution in [0.3, 0.4) is 0 Å². The minimum Gasteiger partial charge on any atom is -0.381 e. The normalized spacial score (nSPS) is 19.9. The van der Waals surface area contributed by atoms with Gasteiger partial charge in [0.15, 0.2) is 0 Å². The average molecular weight is 286 g/mol. The predicted octanol–water partition coefficient (Wildman–Crippen LogP) is 1.63. The Morgan fingerprint density at radius 1 is 1.58 bits per heavy atom. The number of hydrogen-bond donors (Lipinski definition) is 1. The van der Waals surface area contributed by atoms with E-state index in [1.807, 2.05) is 17.8 Å². The quantitative estimate of drug-likeness (QED) is 0.856. The Morgan fingerprint density at radius 2 is 2.26 bits per heavy atom. The number of alkyl halides is 1. The number of carbonyl (C=O) groups excluding carboxylic acids is 1. The number of carbonyl (C=O) groups is 1. The molecule has 1 aromatic heterocycles. The standard InChI is InChI=1S/C13H20ClN3O2/c1-9(14)13(18)16-11(10-3-7-19-8-4-10)12-15-5-6-17(12)2/h5-6,9-11H,3-4,7-8H2,1-2H3,(H,16,18). The molecule has 19 heavy (non-hydrogen) atoms. The molecular formula is C13H20ClN3O2. The van der Waals surface area contributed by atoms with E-state index in [9.17, 15) is 4.79 Å². The van der Waals surface area contributed by atoms with Crippen LogP contribution in [0.4, 0.5) is 0 Å². The van der Waals surface area contributed by atoms with Gasteiger partial charge in [-0.25, -0.2) is 4.98 Å². The molecule has 1 saturated heterocycles. The zero-order chi connectivity index (χ0) is 13.8. The Kier molecular flexibility index (Phi) is 4.82. The third-order valence-corrected chi connectivity index (χ3v) is 3.73. The fraction of sp³-hybridized carbons (Fsp3) is 0.692. The molecule has 0 radical (unpaired) electrons. The Balaban J connectivity index is 2.17. The van der Waals surface area contributed by atoms with Crippen molar-refractivity contribution in [3.05, 3.63) is 18.2 Å². The Labute approximate surface area is 118 Å². The van der Waals surface area contributed by atoms with E-state index >= 15 is 0 Å². The fourth-order valence-electron chi connectivity index (χ4n) is 2.39. The second-order valence-corrected chi connectivity index (χ2v) is 5.60. The minimum atomic E-state index is -0.539. The zero-order valence-electron chi connectivity index (χ0n) is 11.3. The second-order valence-electron chi connectivity index (χ2n) is 4.95. The van der Waals surface area contributed by atoms with Crippen LogP contribution in [0, 0.1) is 5.92 Å². The highest BCUT2D eigenvalue weighted by Gasteiger charge is 2.30. The molecule has 6 heteroatoms. The van der Waals surface area contributed by atoms with E-state index in [2.05, 4.69) is 10.3 Å². The molecule has 0 saturated carbocycles. The van der Waals surface area contributed by atoms with E-state index in [1.165, 1.54) is 0 Å². The van der Waals surface area contributed by atoms with Crippen molar-refractivity contribution in [3.63, 3.8) is 0 Å². The zero-order valence-corrected chi connectivity index (χ0v) is 12.1. The van der Waals surface area contributed by atoms with Crippen LogP contribution in [0.25, 0.3) is 0 Å². The highest BCUT2D eigenvalue weighted by atomic mass is 35.5. The molecule has 0 spiro atoms. The van der Waals surface area contributed by atoms with Crippen molar-refractivity contribution in [2.75, 3.05) is 13.2 Å². The summed E-state index contributed by atoms with van der Waals surface area (Å²) in [6.45, 7) is 3.14. The van der Waals surface area contributed by atoms with Crippen LogP contribution in [0.5, 0.6) is 0 Å². The van der Waals surface area contributed by atoms with Gasteiger partial charge in [0.2, 0.25) is 5.91 Å². The van der Waals surface area contributed by atoms with E-state index in [1.54, 1.807) is 13.1 Å². The van der Waals surface area contributed by atoms with E-state index in [4.69, 9.17) is 16.3 Å². The predicted molar refractivity (Wildman–Crippen MR) is 72.9 cm³/mol. The highest BCUT2D eigenvalue weighted by molar-refractivity contribution is 6.30. The smallest absolute Gasteiger partial charge is 0.238 e. The van der Waals surface area contributed by atoms with Gasteiger partial charge < -0.3 is 14.6 Å². The number of nitrogens with zero attached hydrogens (tertiary/aromatic N) is 2. The van der Waals surface area contributed by atoms with Gasteiger partial charge in [0.05, 0.1) is 6.04 Å². The van der Waals surface area contributed by atoms with Gasteiger partial charge >= 0.3 is 0 Å². The molecule has 2 atom stereocenters. The number of imidazole rings is 1. The molecule has 2 heterocycles. The van der Waals surface area contributed by atoms with Crippen molar-refractivity contribution in [1.82, 2.24) is 14.9 Å². The van der Waals surface area contributed by atoms with E-state index in [0.29, 0.717) is 5.92 Å². The van der Waals surface area contributed by atoms with Gasteiger partial charge in [-0.2, -0.15) is 0 Å². The summed E-state index contributed by atoms with van der Waals surface area (Å²) in [4.78, 5) is 16.3. The third kappa shape index (κ3) is 3.48. The summed E-state index contributed by atoms with van der Waals surface area (Å²) < 4.78 is 7.33. The topological polar surface area (TPSA) is 56.2 Å². The van der Waals surface area contributed by atoms with Gasteiger partial charge in [-0.05, 0) is 25.7 Å². The first-order chi connectivity index (χ1) is 9.09. The first kappa shape index (κ1) is 14.3. The number of aryl methyl sites for hydroxylation is 1. The third-order valence-electron chi connectivity index (χ3n) is 3.53.